The van der Waals surface area contributed by atoms with Gasteiger partial charge in [0.2, 0.25) is 5.91 Å². The van der Waals surface area contributed by atoms with Crippen LogP contribution in [0.2, 0.25) is 0 Å². The number of carbonyl (C=O) groups excluding carboxylic acids is 1. The van der Waals surface area contributed by atoms with Crippen LogP contribution in [0.5, 0.6) is 0 Å². The summed E-state index contributed by atoms with van der Waals surface area (Å²) in [5, 5.41) is 11.6. The molecule has 0 aromatic heterocycles. The lowest BCUT2D eigenvalue weighted by Crippen LogP contribution is -2.11. The lowest BCUT2D eigenvalue weighted by Gasteiger charge is -2.05. The monoisotopic (exact) mass is 287 g/mol. The van der Waals surface area contributed by atoms with E-state index in [4.69, 9.17) is 5.11 Å². The van der Waals surface area contributed by atoms with Crippen LogP contribution in [-0.4, -0.2) is 17.6 Å². The number of amides is 1. The fourth-order valence-electron chi connectivity index (χ4n) is 2.11. The van der Waals surface area contributed by atoms with E-state index in [1.165, 1.54) is 25.7 Å². The molecule has 1 aromatic carbocycles. The van der Waals surface area contributed by atoms with Gasteiger partial charge < -0.3 is 10.4 Å². The first-order valence-electron chi connectivity index (χ1n) is 7.76. The molecule has 3 nitrogen and oxygen atoms in total. The summed E-state index contributed by atoms with van der Waals surface area (Å²) in [5.41, 5.74) is 1.55. The van der Waals surface area contributed by atoms with Crippen molar-refractivity contribution in [1.29, 1.82) is 0 Å². The maximum absolute atomic E-state index is 11.8. The summed E-state index contributed by atoms with van der Waals surface area (Å²) < 4.78 is 0. The third-order valence-electron chi connectivity index (χ3n) is 3.22. The van der Waals surface area contributed by atoms with Gasteiger partial charge in [-0.2, -0.15) is 0 Å². The summed E-state index contributed by atoms with van der Waals surface area (Å²) in [6, 6.07) is 7.37. The van der Waals surface area contributed by atoms with E-state index in [2.05, 4.69) is 24.1 Å². The average Bonchev–Trinajstić information content (AvgIpc) is 2.49. The minimum absolute atomic E-state index is 0.0535. The zero-order valence-corrected chi connectivity index (χ0v) is 12.8. The summed E-state index contributed by atoms with van der Waals surface area (Å²) >= 11 is 0. The molecule has 1 rings (SSSR count). The smallest absolute Gasteiger partial charge is 0.224 e. The number of hydrogen-bond acceptors (Lipinski definition) is 2. The van der Waals surface area contributed by atoms with E-state index in [9.17, 15) is 4.79 Å². The van der Waals surface area contributed by atoms with Crippen molar-refractivity contribution in [2.45, 2.75) is 51.9 Å². The number of aliphatic hydroxyl groups is 1. The van der Waals surface area contributed by atoms with Gasteiger partial charge in [0.15, 0.2) is 0 Å². The molecular formula is C18H25NO2. The SMILES string of the molecule is CCCCCCCCC(=O)Nc1cccc(C#CCO)c1. The Morgan fingerprint density at radius 3 is 2.71 bits per heavy atom. The first kappa shape index (κ1) is 17.3. The second-order valence-corrected chi connectivity index (χ2v) is 5.11. The van der Waals surface area contributed by atoms with Gasteiger partial charge in [0, 0.05) is 17.7 Å². The predicted octanol–water partition coefficient (Wildman–Crippen LogP) is 3.72. The van der Waals surface area contributed by atoms with Crippen molar-refractivity contribution in [3.63, 3.8) is 0 Å². The number of carbonyl (C=O) groups is 1. The molecule has 0 spiro atoms. The highest BCUT2D eigenvalue weighted by molar-refractivity contribution is 5.90. The van der Waals surface area contributed by atoms with Gasteiger partial charge in [-0.1, -0.05) is 56.9 Å². The highest BCUT2D eigenvalue weighted by Gasteiger charge is 2.02. The van der Waals surface area contributed by atoms with Gasteiger partial charge in [-0.25, -0.2) is 0 Å². The fourth-order valence-corrected chi connectivity index (χ4v) is 2.11. The van der Waals surface area contributed by atoms with Crippen LogP contribution in [-0.2, 0) is 4.79 Å². The largest absolute Gasteiger partial charge is 0.384 e. The quantitative estimate of drug-likeness (QED) is 0.565. The first-order chi connectivity index (χ1) is 10.3. The highest BCUT2D eigenvalue weighted by Crippen LogP contribution is 2.12. The lowest BCUT2D eigenvalue weighted by atomic mass is 10.1. The van der Waals surface area contributed by atoms with E-state index in [0.717, 1.165) is 24.1 Å². The Bertz CT molecular complexity index is 485. The maximum Gasteiger partial charge on any atom is 0.224 e. The zero-order chi connectivity index (χ0) is 15.3. The summed E-state index contributed by atoms with van der Waals surface area (Å²) in [6.07, 6.45) is 7.65. The van der Waals surface area contributed by atoms with Crippen LogP contribution in [0.3, 0.4) is 0 Å². The predicted molar refractivity (Wildman–Crippen MR) is 87.0 cm³/mol. The zero-order valence-electron chi connectivity index (χ0n) is 12.8. The number of rotatable bonds is 8. The van der Waals surface area contributed by atoms with Crippen molar-refractivity contribution in [3.05, 3.63) is 29.8 Å². The maximum atomic E-state index is 11.8. The van der Waals surface area contributed by atoms with Crippen molar-refractivity contribution in [2.24, 2.45) is 0 Å². The second kappa shape index (κ2) is 10.9. The lowest BCUT2D eigenvalue weighted by molar-refractivity contribution is -0.116. The Kier molecular flexibility index (Phi) is 8.99. The first-order valence-corrected chi connectivity index (χ1v) is 7.76. The second-order valence-electron chi connectivity index (χ2n) is 5.11. The van der Waals surface area contributed by atoms with Crippen molar-refractivity contribution < 1.29 is 9.90 Å². The number of nitrogens with one attached hydrogen (secondary N) is 1. The molecule has 0 radical (unpaired) electrons. The van der Waals surface area contributed by atoms with Gasteiger partial charge in [0.1, 0.15) is 6.61 Å². The molecule has 0 atom stereocenters. The number of aliphatic hydroxyl groups excluding tert-OH is 1. The van der Waals surface area contributed by atoms with E-state index in [1.54, 1.807) is 0 Å². The minimum atomic E-state index is -0.158. The third kappa shape index (κ3) is 8.16. The molecule has 0 aliphatic rings. The van der Waals surface area contributed by atoms with Gasteiger partial charge in [0.25, 0.3) is 0 Å². The molecule has 0 fully saturated rings. The fraction of sp³-hybridized carbons (Fsp3) is 0.500. The molecular weight excluding hydrogens is 262 g/mol. The molecule has 0 saturated heterocycles. The van der Waals surface area contributed by atoms with E-state index >= 15 is 0 Å². The Morgan fingerprint density at radius 2 is 1.95 bits per heavy atom. The van der Waals surface area contributed by atoms with Crippen molar-refractivity contribution in [2.75, 3.05) is 11.9 Å². The summed E-state index contributed by atoms with van der Waals surface area (Å²) in [7, 11) is 0. The average molecular weight is 287 g/mol. The van der Waals surface area contributed by atoms with Crippen LogP contribution in [0.25, 0.3) is 0 Å². The molecule has 2 N–H and O–H groups in total. The van der Waals surface area contributed by atoms with E-state index in [1.807, 2.05) is 24.3 Å². The van der Waals surface area contributed by atoms with E-state index in [-0.39, 0.29) is 12.5 Å². The molecule has 0 aliphatic heterocycles. The molecule has 0 unspecified atom stereocenters. The summed E-state index contributed by atoms with van der Waals surface area (Å²) in [5.74, 6) is 5.48. The number of unbranched alkanes of at least 4 members (excludes halogenated alkanes) is 5. The van der Waals surface area contributed by atoms with Crippen LogP contribution >= 0.6 is 0 Å². The van der Waals surface area contributed by atoms with Crippen LogP contribution in [0, 0.1) is 11.8 Å². The minimum Gasteiger partial charge on any atom is -0.384 e. The molecule has 0 bridgehead atoms. The molecule has 0 saturated carbocycles. The van der Waals surface area contributed by atoms with E-state index < -0.39 is 0 Å². The molecule has 3 heteroatoms. The normalized spacial score (nSPS) is 9.81. The van der Waals surface area contributed by atoms with Gasteiger partial charge in [-0.3, -0.25) is 4.79 Å². The molecule has 1 aromatic rings. The summed E-state index contributed by atoms with van der Waals surface area (Å²) in [6.45, 7) is 2.04. The number of anilines is 1. The Morgan fingerprint density at radius 1 is 1.19 bits per heavy atom. The molecule has 0 aliphatic carbocycles. The standard InChI is InChI=1S/C18H25NO2/c1-2-3-4-5-6-7-13-18(21)19-17-12-8-10-16(15-17)11-9-14-20/h8,10,12,15,20H,2-7,13-14H2,1H3,(H,19,21). The highest BCUT2D eigenvalue weighted by atomic mass is 16.2. The van der Waals surface area contributed by atoms with Gasteiger partial charge >= 0.3 is 0 Å². The van der Waals surface area contributed by atoms with E-state index in [0.29, 0.717) is 6.42 Å². The number of hydrogen-bond donors (Lipinski definition) is 2. The third-order valence-corrected chi connectivity index (χ3v) is 3.22. The van der Waals surface area contributed by atoms with Crippen molar-refractivity contribution in [1.82, 2.24) is 0 Å². The number of benzene rings is 1. The Hall–Kier alpha value is -1.79. The van der Waals surface area contributed by atoms with Gasteiger partial charge in [-0.05, 0) is 24.6 Å². The van der Waals surface area contributed by atoms with Crippen molar-refractivity contribution >= 4 is 11.6 Å². The Balaban J connectivity index is 2.31. The van der Waals surface area contributed by atoms with Crippen LogP contribution in [0.1, 0.15) is 57.4 Å². The molecule has 1 amide bonds. The topological polar surface area (TPSA) is 49.3 Å². The molecule has 0 heterocycles. The van der Waals surface area contributed by atoms with Gasteiger partial charge in [0.05, 0.1) is 0 Å². The molecule has 114 valence electrons. The molecule has 21 heavy (non-hydrogen) atoms. The van der Waals surface area contributed by atoms with Crippen LogP contribution < -0.4 is 5.32 Å². The summed E-state index contributed by atoms with van der Waals surface area (Å²) in [4.78, 5) is 11.8. The Labute approximate surface area is 127 Å². The van der Waals surface area contributed by atoms with Crippen LogP contribution in [0.15, 0.2) is 24.3 Å². The van der Waals surface area contributed by atoms with Crippen LogP contribution in [0.4, 0.5) is 5.69 Å². The van der Waals surface area contributed by atoms with Crippen molar-refractivity contribution in [3.8, 4) is 11.8 Å². The van der Waals surface area contributed by atoms with Gasteiger partial charge in [-0.15, -0.1) is 0 Å².